The van der Waals surface area contributed by atoms with Gasteiger partial charge in [0.1, 0.15) is 42.2 Å². The molecule has 45 heavy (non-hydrogen) atoms. The van der Waals surface area contributed by atoms with Gasteiger partial charge in [0, 0.05) is 11.8 Å². The van der Waals surface area contributed by atoms with E-state index < -0.39 is 5.79 Å². The maximum Gasteiger partial charge on any atom is 0.187 e. The van der Waals surface area contributed by atoms with Crippen LogP contribution < -0.4 is 9.47 Å². The van der Waals surface area contributed by atoms with E-state index in [0.717, 1.165) is 10.3 Å². The van der Waals surface area contributed by atoms with Crippen molar-refractivity contribution in [1.29, 1.82) is 0 Å². The standard InChI is InChI=1S/C33H30Cl2N4O5S/c1-33(2)43-19-24(44-33)18-42-23-15-25(34)28(26(35)16-23)31-38-29(30(39(31)40)27-12-13-36-32(37-27)45-3)21-10-7-11-22(14-21)41-17-20-8-5-4-6-9-20/h4-16,24,40H,17-19H2,1-3H3/t24-/m0/s1. The molecule has 0 spiro atoms. The van der Waals surface area contributed by atoms with Crippen LogP contribution in [0.1, 0.15) is 19.4 Å². The van der Waals surface area contributed by atoms with Crippen molar-refractivity contribution in [3.05, 3.63) is 94.6 Å². The Bertz CT molecular complexity index is 1800. The third-order valence-electron chi connectivity index (χ3n) is 7.01. The van der Waals surface area contributed by atoms with Gasteiger partial charge in [0.25, 0.3) is 0 Å². The zero-order chi connectivity index (χ0) is 31.6. The lowest BCUT2D eigenvalue weighted by Gasteiger charge is -2.17. The number of benzene rings is 3. The second-order valence-corrected chi connectivity index (χ2v) is 12.3. The smallest absolute Gasteiger partial charge is 0.187 e. The molecular formula is C33H30Cl2N4O5S. The van der Waals surface area contributed by atoms with Gasteiger partial charge in [0.2, 0.25) is 0 Å². The lowest BCUT2D eigenvalue weighted by atomic mass is 10.1. The van der Waals surface area contributed by atoms with Crippen LogP contribution in [0.5, 0.6) is 11.5 Å². The molecule has 1 aliphatic rings. The predicted molar refractivity (Wildman–Crippen MR) is 174 cm³/mol. The number of halogens is 2. The number of aromatic nitrogens is 4. The Morgan fingerprint density at radius 1 is 0.978 bits per heavy atom. The van der Waals surface area contributed by atoms with Gasteiger partial charge in [-0.25, -0.2) is 15.0 Å². The van der Waals surface area contributed by atoms with Gasteiger partial charge in [0.05, 0.1) is 27.9 Å². The number of thioether (sulfide) groups is 1. The Hall–Kier alpha value is -3.80. The molecule has 1 fully saturated rings. The van der Waals surface area contributed by atoms with Crippen LogP contribution in [0.4, 0.5) is 0 Å². The van der Waals surface area contributed by atoms with Crippen LogP contribution in [0.15, 0.2) is 84.1 Å². The van der Waals surface area contributed by atoms with Gasteiger partial charge in [-0.3, -0.25) is 0 Å². The SMILES string of the molecule is CSc1nccc(-c2c(-c3cccc(OCc4ccccc4)c3)nc(-c3c(Cl)cc(OC[C@H]4COC(C)(C)O4)cc3Cl)n2O)n1. The van der Waals surface area contributed by atoms with Crippen molar-refractivity contribution in [3.8, 4) is 45.5 Å². The highest BCUT2D eigenvalue weighted by molar-refractivity contribution is 7.98. The third kappa shape index (κ3) is 7.05. The first kappa shape index (κ1) is 31.2. The van der Waals surface area contributed by atoms with Crippen molar-refractivity contribution in [3.63, 3.8) is 0 Å². The average Bonchev–Trinajstić information content (AvgIpc) is 3.57. The minimum absolute atomic E-state index is 0.135. The fourth-order valence-electron chi connectivity index (χ4n) is 4.93. The summed E-state index contributed by atoms with van der Waals surface area (Å²) >= 11 is 14.9. The first-order valence-electron chi connectivity index (χ1n) is 14.1. The molecule has 0 radical (unpaired) electrons. The first-order valence-corrected chi connectivity index (χ1v) is 16.1. The highest BCUT2D eigenvalue weighted by Crippen LogP contribution is 2.42. The van der Waals surface area contributed by atoms with Gasteiger partial charge >= 0.3 is 0 Å². The van der Waals surface area contributed by atoms with Crippen LogP contribution >= 0.6 is 35.0 Å². The van der Waals surface area contributed by atoms with Gasteiger partial charge in [-0.15, -0.1) is 0 Å². The minimum atomic E-state index is -0.658. The summed E-state index contributed by atoms with van der Waals surface area (Å²) in [5, 5.41) is 12.7. The van der Waals surface area contributed by atoms with E-state index in [9.17, 15) is 5.21 Å². The second-order valence-electron chi connectivity index (χ2n) is 10.7. The minimum Gasteiger partial charge on any atom is -0.491 e. The summed E-state index contributed by atoms with van der Waals surface area (Å²) < 4.78 is 24.4. The molecule has 0 aliphatic carbocycles. The van der Waals surface area contributed by atoms with Crippen LogP contribution in [0, 0.1) is 0 Å². The molecule has 9 nitrogen and oxygen atoms in total. The summed E-state index contributed by atoms with van der Waals surface area (Å²) in [6, 6.07) is 22.4. The van der Waals surface area contributed by atoms with Crippen LogP contribution in [-0.2, 0) is 16.1 Å². The first-order chi connectivity index (χ1) is 21.7. The Balaban J connectivity index is 1.36. The van der Waals surface area contributed by atoms with E-state index in [4.69, 9.17) is 47.1 Å². The van der Waals surface area contributed by atoms with E-state index in [-0.39, 0.29) is 28.6 Å². The molecule has 2 aromatic heterocycles. The number of imidazole rings is 1. The molecule has 0 bridgehead atoms. The zero-order valence-corrected chi connectivity index (χ0v) is 27.1. The largest absolute Gasteiger partial charge is 0.491 e. The normalized spacial score (nSPS) is 15.7. The van der Waals surface area contributed by atoms with Gasteiger partial charge in [-0.2, -0.15) is 4.73 Å². The van der Waals surface area contributed by atoms with E-state index in [1.54, 1.807) is 24.4 Å². The van der Waals surface area contributed by atoms with Crippen molar-refractivity contribution in [2.45, 2.75) is 37.5 Å². The zero-order valence-electron chi connectivity index (χ0n) is 24.7. The quantitative estimate of drug-likeness (QED) is 0.0902. The fourth-order valence-corrected chi connectivity index (χ4v) is 5.92. The molecule has 5 aromatic rings. The molecular weight excluding hydrogens is 635 g/mol. The molecule has 1 saturated heterocycles. The molecule has 1 atom stereocenters. The highest BCUT2D eigenvalue weighted by atomic mass is 35.5. The van der Waals surface area contributed by atoms with E-state index in [1.165, 1.54) is 11.8 Å². The highest BCUT2D eigenvalue weighted by Gasteiger charge is 2.33. The molecule has 1 aliphatic heterocycles. The molecule has 3 aromatic carbocycles. The van der Waals surface area contributed by atoms with Gasteiger partial charge < -0.3 is 24.2 Å². The molecule has 0 amide bonds. The van der Waals surface area contributed by atoms with E-state index in [2.05, 4.69) is 9.97 Å². The van der Waals surface area contributed by atoms with Crippen molar-refractivity contribution in [2.75, 3.05) is 19.5 Å². The lowest BCUT2D eigenvalue weighted by Crippen LogP contribution is -2.25. The summed E-state index contributed by atoms with van der Waals surface area (Å²) in [6.07, 6.45) is 3.28. The van der Waals surface area contributed by atoms with Crippen LogP contribution in [0.3, 0.4) is 0 Å². The van der Waals surface area contributed by atoms with Crippen molar-refractivity contribution >= 4 is 35.0 Å². The summed E-state index contributed by atoms with van der Waals surface area (Å²) in [4.78, 5) is 13.8. The van der Waals surface area contributed by atoms with E-state index in [0.29, 0.717) is 58.1 Å². The van der Waals surface area contributed by atoms with Crippen molar-refractivity contribution < 1.29 is 24.2 Å². The molecule has 0 saturated carbocycles. The fraction of sp³-hybridized carbons (Fsp3) is 0.242. The topological polar surface area (TPSA) is 101 Å². The number of rotatable bonds is 10. The molecule has 0 unspecified atom stereocenters. The summed E-state index contributed by atoms with van der Waals surface area (Å²) in [5.41, 5.74) is 3.34. The van der Waals surface area contributed by atoms with Crippen LogP contribution in [0.2, 0.25) is 10.0 Å². The lowest BCUT2D eigenvalue weighted by molar-refractivity contribution is -0.141. The maximum atomic E-state index is 11.7. The molecule has 3 heterocycles. The Labute approximate surface area is 275 Å². The van der Waals surface area contributed by atoms with Crippen LogP contribution in [-0.4, -0.2) is 56.3 Å². The predicted octanol–water partition coefficient (Wildman–Crippen LogP) is 8.05. The number of nitrogens with zero attached hydrogens (tertiary/aromatic N) is 4. The molecule has 12 heteroatoms. The number of hydrogen-bond donors (Lipinski definition) is 1. The van der Waals surface area contributed by atoms with Crippen LogP contribution in [0.25, 0.3) is 34.0 Å². The summed E-state index contributed by atoms with van der Waals surface area (Å²) in [5.74, 6) is 0.564. The Kier molecular flexibility index (Phi) is 9.21. The van der Waals surface area contributed by atoms with E-state index in [1.807, 2.05) is 74.7 Å². The second kappa shape index (κ2) is 13.3. The number of ether oxygens (including phenoxy) is 4. The van der Waals surface area contributed by atoms with Gasteiger partial charge in [0.15, 0.2) is 16.8 Å². The molecule has 6 rings (SSSR count). The van der Waals surface area contributed by atoms with Crippen molar-refractivity contribution in [1.82, 2.24) is 19.7 Å². The maximum absolute atomic E-state index is 11.7. The Morgan fingerprint density at radius 3 is 2.47 bits per heavy atom. The number of hydrogen-bond acceptors (Lipinski definition) is 9. The molecule has 232 valence electrons. The Morgan fingerprint density at radius 2 is 1.76 bits per heavy atom. The van der Waals surface area contributed by atoms with Crippen molar-refractivity contribution in [2.24, 2.45) is 0 Å². The van der Waals surface area contributed by atoms with Gasteiger partial charge in [-0.1, -0.05) is 77.4 Å². The average molecular weight is 666 g/mol. The summed E-state index contributed by atoms with van der Waals surface area (Å²) in [6.45, 7) is 4.78. The molecule has 1 N–H and O–H groups in total. The summed E-state index contributed by atoms with van der Waals surface area (Å²) in [7, 11) is 0. The van der Waals surface area contributed by atoms with E-state index >= 15 is 0 Å². The van der Waals surface area contributed by atoms with Gasteiger partial charge in [-0.05, 0) is 56.0 Å². The third-order valence-corrected chi connectivity index (χ3v) is 8.17. The monoisotopic (exact) mass is 664 g/mol.